The van der Waals surface area contributed by atoms with Crippen molar-refractivity contribution in [3.8, 4) is 0 Å². The average molecular weight is 363 g/mol. The zero-order valence-electron chi connectivity index (χ0n) is 5.51. The summed E-state index contributed by atoms with van der Waals surface area (Å²) in [6.07, 6.45) is 0.977. The Bertz CT molecular complexity index is 187. The molecule has 0 aromatic heterocycles. The van der Waals surface area contributed by atoms with Crippen molar-refractivity contribution in [1.29, 1.82) is 0 Å². The van der Waals surface area contributed by atoms with Crippen molar-refractivity contribution in [2.45, 2.75) is 13.3 Å². The Labute approximate surface area is 87.6 Å². The van der Waals surface area contributed by atoms with Crippen LogP contribution < -0.4 is 0 Å². The van der Waals surface area contributed by atoms with Gasteiger partial charge in [0.15, 0.2) is 3.84 Å². The van der Waals surface area contributed by atoms with Crippen LogP contribution in [0.25, 0.3) is 0 Å². The molecular weight excluding hydrogens is 356 g/mol. The van der Waals surface area contributed by atoms with Crippen molar-refractivity contribution in [3.05, 3.63) is 0 Å². The maximum absolute atomic E-state index is 4.25. The fourth-order valence-electron chi connectivity index (χ4n) is 0.649. The van der Waals surface area contributed by atoms with Gasteiger partial charge in [-0.25, -0.2) is 9.98 Å². The Kier molecular flexibility index (Phi) is 3.34. The van der Waals surface area contributed by atoms with Crippen molar-refractivity contribution in [2.75, 3.05) is 6.67 Å². The van der Waals surface area contributed by atoms with Crippen molar-refractivity contribution >= 4 is 55.1 Å². The van der Waals surface area contributed by atoms with Gasteiger partial charge in [0.1, 0.15) is 12.5 Å². The molecule has 0 saturated heterocycles. The number of nitrogens with zero attached hydrogens (tertiary/aromatic N) is 3. The molecule has 0 spiro atoms. The van der Waals surface area contributed by atoms with Gasteiger partial charge in [0.25, 0.3) is 0 Å². The largest absolute Gasteiger partial charge is 0.282 e. The van der Waals surface area contributed by atoms with Gasteiger partial charge in [-0.3, -0.25) is 3.11 Å². The van der Waals surface area contributed by atoms with Gasteiger partial charge < -0.3 is 0 Å². The van der Waals surface area contributed by atoms with E-state index in [0.717, 1.165) is 22.8 Å². The van der Waals surface area contributed by atoms with Crippen LogP contribution in [0.3, 0.4) is 0 Å². The minimum absolute atomic E-state index is 0.742. The predicted molar refractivity (Wildman–Crippen MR) is 59.9 cm³/mol. The summed E-state index contributed by atoms with van der Waals surface area (Å²) >= 11 is 4.36. The summed E-state index contributed by atoms with van der Waals surface area (Å²) in [5, 5.41) is 0. The molecule has 1 aliphatic rings. The van der Waals surface area contributed by atoms with E-state index in [-0.39, 0.29) is 0 Å². The van der Waals surface area contributed by atoms with E-state index in [4.69, 9.17) is 0 Å². The number of hydrogen-bond acceptors (Lipinski definition) is 3. The normalized spacial score (nSPS) is 18.5. The molecule has 5 heteroatoms. The highest BCUT2D eigenvalue weighted by Gasteiger charge is 2.10. The van der Waals surface area contributed by atoms with Crippen LogP contribution in [0.15, 0.2) is 9.98 Å². The zero-order valence-corrected chi connectivity index (χ0v) is 9.83. The molecule has 0 bridgehead atoms. The Hall–Kier alpha value is 0.600. The van der Waals surface area contributed by atoms with Gasteiger partial charge in [0, 0.05) is 29.0 Å². The van der Waals surface area contributed by atoms with Crippen LogP contribution in [0.5, 0.6) is 0 Å². The highest BCUT2D eigenvalue weighted by atomic mass is 127. The second kappa shape index (κ2) is 3.84. The smallest absolute Gasteiger partial charge is 0.189 e. The summed E-state index contributed by atoms with van der Waals surface area (Å²) in [6.45, 7) is 2.84. The van der Waals surface area contributed by atoms with Gasteiger partial charge in [-0.05, 0) is 0 Å². The van der Waals surface area contributed by atoms with E-state index >= 15 is 0 Å². The van der Waals surface area contributed by atoms with Gasteiger partial charge >= 0.3 is 0 Å². The molecule has 0 aromatic carbocycles. The molecule has 1 aliphatic heterocycles. The first-order chi connectivity index (χ1) is 4.74. The summed E-state index contributed by atoms with van der Waals surface area (Å²) < 4.78 is 2.89. The minimum Gasteiger partial charge on any atom is -0.282 e. The highest BCUT2D eigenvalue weighted by Crippen LogP contribution is 2.11. The van der Waals surface area contributed by atoms with Crippen molar-refractivity contribution in [2.24, 2.45) is 9.98 Å². The predicted octanol–water partition coefficient (Wildman–Crippen LogP) is 2.21. The number of hydrogen-bond donors (Lipinski definition) is 0. The monoisotopic (exact) mass is 363 g/mol. The van der Waals surface area contributed by atoms with Crippen molar-refractivity contribution < 1.29 is 0 Å². The Morgan fingerprint density at radius 1 is 1.70 bits per heavy atom. The van der Waals surface area contributed by atoms with Gasteiger partial charge in [-0.1, -0.05) is 6.92 Å². The van der Waals surface area contributed by atoms with Crippen LogP contribution in [0.2, 0.25) is 0 Å². The quantitative estimate of drug-likeness (QED) is 0.399. The van der Waals surface area contributed by atoms with Crippen LogP contribution in [-0.4, -0.2) is 19.5 Å². The van der Waals surface area contributed by atoms with Crippen LogP contribution in [-0.2, 0) is 0 Å². The average Bonchev–Trinajstić information content (AvgIpc) is 1.94. The first kappa shape index (κ1) is 8.69. The van der Waals surface area contributed by atoms with E-state index in [2.05, 4.69) is 62.4 Å². The number of amidine groups is 2. The molecule has 56 valence electrons. The van der Waals surface area contributed by atoms with Gasteiger partial charge in [-0.2, -0.15) is 0 Å². The Balaban J connectivity index is 2.73. The number of rotatable bonds is 1. The van der Waals surface area contributed by atoms with Gasteiger partial charge in [0.2, 0.25) is 0 Å². The van der Waals surface area contributed by atoms with E-state index in [1.807, 2.05) is 3.11 Å². The summed E-state index contributed by atoms with van der Waals surface area (Å²) in [4.78, 5) is 8.40. The fraction of sp³-hybridized carbons (Fsp3) is 0.600. The zero-order chi connectivity index (χ0) is 7.56. The molecule has 0 amide bonds. The van der Waals surface area contributed by atoms with E-state index in [0.29, 0.717) is 0 Å². The van der Waals surface area contributed by atoms with E-state index in [1.54, 1.807) is 0 Å². The second-order valence-electron chi connectivity index (χ2n) is 1.81. The third kappa shape index (κ3) is 2.04. The molecule has 0 aliphatic carbocycles. The topological polar surface area (TPSA) is 28.0 Å². The maximum atomic E-state index is 4.25. The molecule has 3 nitrogen and oxygen atoms in total. The maximum Gasteiger partial charge on any atom is 0.189 e. The third-order valence-corrected chi connectivity index (χ3v) is 2.59. The molecule has 1 rings (SSSR count). The van der Waals surface area contributed by atoms with E-state index < -0.39 is 0 Å². The lowest BCUT2D eigenvalue weighted by molar-refractivity contribution is 0.713. The molecule has 10 heavy (non-hydrogen) atoms. The van der Waals surface area contributed by atoms with Crippen LogP contribution in [0, 0.1) is 0 Å². The molecule has 0 atom stereocenters. The second-order valence-corrected chi connectivity index (χ2v) is 3.94. The lowest BCUT2D eigenvalue weighted by Gasteiger charge is -2.18. The molecule has 0 fully saturated rings. The summed E-state index contributed by atoms with van der Waals surface area (Å²) in [7, 11) is 0. The van der Waals surface area contributed by atoms with E-state index in [1.165, 1.54) is 0 Å². The molecule has 0 unspecified atom stereocenters. The first-order valence-corrected chi connectivity index (χ1v) is 4.99. The Morgan fingerprint density at radius 2 is 2.40 bits per heavy atom. The summed E-state index contributed by atoms with van der Waals surface area (Å²) in [5.41, 5.74) is 0. The van der Waals surface area contributed by atoms with Crippen molar-refractivity contribution in [1.82, 2.24) is 3.11 Å². The molecule has 1 heterocycles. The Morgan fingerprint density at radius 3 is 2.90 bits per heavy atom. The van der Waals surface area contributed by atoms with Crippen LogP contribution in [0.1, 0.15) is 13.3 Å². The van der Waals surface area contributed by atoms with Gasteiger partial charge in [0.05, 0.1) is 22.9 Å². The number of aliphatic imine (C=N–C) groups is 2. The van der Waals surface area contributed by atoms with E-state index in [9.17, 15) is 0 Å². The molecule has 0 radical (unpaired) electrons. The first-order valence-electron chi connectivity index (χ1n) is 2.95. The third-order valence-electron chi connectivity index (χ3n) is 1.14. The van der Waals surface area contributed by atoms with Gasteiger partial charge in [-0.15, -0.1) is 0 Å². The molecule has 0 saturated carbocycles. The molecule has 0 aromatic rings. The summed E-state index contributed by atoms with van der Waals surface area (Å²) in [5.74, 6) is 1.11. The lowest BCUT2D eigenvalue weighted by atomic mass is 10.4. The van der Waals surface area contributed by atoms with Crippen molar-refractivity contribution in [3.63, 3.8) is 0 Å². The molecule has 0 N–H and O–H groups in total. The molecular formula is C5H7I2N3. The fourth-order valence-corrected chi connectivity index (χ4v) is 1.68. The lowest BCUT2D eigenvalue weighted by Crippen LogP contribution is -2.24. The number of halogens is 2. The minimum atomic E-state index is 0.742. The standard InChI is InChI=1S/C5H7I2N3/c1-2-4-9-5(6)8-3-10(4)7/h2-3H2,1H3. The summed E-state index contributed by atoms with van der Waals surface area (Å²) in [6, 6.07) is 0. The highest BCUT2D eigenvalue weighted by molar-refractivity contribution is 14.1. The van der Waals surface area contributed by atoms with Crippen LogP contribution in [0.4, 0.5) is 0 Å². The van der Waals surface area contributed by atoms with Crippen LogP contribution >= 0.6 is 45.5 Å². The SMILES string of the molecule is CCC1=NC(I)=NCN1I.